The normalized spacial score (nSPS) is 18.2. The lowest BCUT2D eigenvalue weighted by atomic mass is 9.88. The van der Waals surface area contributed by atoms with Crippen molar-refractivity contribution in [2.75, 3.05) is 6.54 Å². The standard InChI is InChI=1S/C28H30N2O2S/c1-19(31)30-15-14-21-8-4-5-10-24(21)25(30)18-27(32)29-28(26-11-6-16-33-26)23-13-12-20-7-2-3-9-22(20)17-23/h4-6,8,10-13,16-17,25,28H,2-3,7,9,14-15,18H2,1H3,(H,29,32). The van der Waals surface area contributed by atoms with Crippen LogP contribution in [0.5, 0.6) is 0 Å². The lowest BCUT2D eigenvalue weighted by Gasteiger charge is -2.36. The van der Waals surface area contributed by atoms with Crippen molar-refractivity contribution in [2.45, 2.75) is 57.5 Å². The number of thiophene rings is 1. The lowest BCUT2D eigenvalue weighted by Crippen LogP contribution is -2.41. The first-order valence-corrected chi connectivity index (χ1v) is 12.8. The highest BCUT2D eigenvalue weighted by Gasteiger charge is 2.31. The lowest BCUT2D eigenvalue weighted by molar-refractivity contribution is -0.133. The molecule has 170 valence electrons. The van der Waals surface area contributed by atoms with Crippen molar-refractivity contribution in [1.82, 2.24) is 10.2 Å². The molecule has 5 heteroatoms. The molecule has 0 bridgehead atoms. The molecule has 33 heavy (non-hydrogen) atoms. The first-order chi connectivity index (χ1) is 16.1. The van der Waals surface area contributed by atoms with Crippen LogP contribution in [0.4, 0.5) is 0 Å². The number of carbonyl (C=O) groups is 2. The monoisotopic (exact) mass is 458 g/mol. The number of rotatable bonds is 5. The van der Waals surface area contributed by atoms with Crippen molar-refractivity contribution in [3.63, 3.8) is 0 Å². The van der Waals surface area contributed by atoms with Crippen LogP contribution < -0.4 is 5.32 Å². The van der Waals surface area contributed by atoms with Crippen LogP contribution in [0, 0.1) is 0 Å². The van der Waals surface area contributed by atoms with Crippen LogP contribution in [0.2, 0.25) is 0 Å². The minimum absolute atomic E-state index is 0.0202. The molecule has 2 aliphatic rings. The van der Waals surface area contributed by atoms with Crippen LogP contribution in [0.1, 0.15) is 71.0 Å². The van der Waals surface area contributed by atoms with Crippen LogP contribution in [0.3, 0.4) is 0 Å². The molecule has 2 atom stereocenters. The minimum atomic E-state index is -0.222. The minimum Gasteiger partial charge on any atom is -0.344 e. The maximum Gasteiger partial charge on any atom is 0.223 e. The number of nitrogens with zero attached hydrogens (tertiary/aromatic N) is 1. The molecule has 2 unspecified atom stereocenters. The van der Waals surface area contributed by atoms with Gasteiger partial charge in [-0.2, -0.15) is 0 Å². The molecule has 2 aromatic carbocycles. The number of hydrogen-bond acceptors (Lipinski definition) is 3. The van der Waals surface area contributed by atoms with Crippen molar-refractivity contribution in [2.24, 2.45) is 0 Å². The maximum atomic E-state index is 13.4. The fourth-order valence-electron chi connectivity index (χ4n) is 5.35. The Balaban J connectivity index is 1.41. The van der Waals surface area contributed by atoms with Crippen molar-refractivity contribution >= 4 is 23.2 Å². The predicted octanol–water partition coefficient (Wildman–Crippen LogP) is 5.37. The summed E-state index contributed by atoms with van der Waals surface area (Å²) >= 11 is 1.67. The van der Waals surface area contributed by atoms with Crippen molar-refractivity contribution in [1.29, 1.82) is 0 Å². The Morgan fingerprint density at radius 2 is 1.82 bits per heavy atom. The van der Waals surface area contributed by atoms with Gasteiger partial charge in [-0.25, -0.2) is 0 Å². The molecule has 0 saturated carbocycles. The summed E-state index contributed by atoms with van der Waals surface area (Å²) in [4.78, 5) is 28.8. The highest BCUT2D eigenvalue weighted by atomic mass is 32.1. The summed E-state index contributed by atoms with van der Waals surface area (Å²) in [5.41, 5.74) is 6.32. The van der Waals surface area contributed by atoms with Gasteiger partial charge < -0.3 is 10.2 Å². The van der Waals surface area contributed by atoms with Gasteiger partial charge in [0.15, 0.2) is 0 Å². The Hall–Kier alpha value is -2.92. The zero-order valence-corrected chi connectivity index (χ0v) is 19.9. The van der Waals surface area contributed by atoms with Crippen molar-refractivity contribution in [3.8, 4) is 0 Å². The van der Waals surface area contributed by atoms with E-state index >= 15 is 0 Å². The van der Waals surface area contributed by atoms with Gasteiger partial charge in [-0.3, -0.25) is 9.59 Å². The van der Waals surface area contributed by atoms with E-state index in [2.05, 4.69) is 47.1 Å². The Kier molecular flexibility index (Phi) is 6.32. The molecule has 1 aliphatic heterocycles. The van der Waals surface area contributed by atoms with E-state index in [-0.39, 0.29) is 30.3 Å². The average molecular weight is 459 g/mol. The molecule has 0 fully saturated rings. The molecule has 2 amide bonds. The van der Waals surface area contributed by atoms with Gasteiger partial charge in [0.2, 0.25) is 11.8 Å². The number of carbonyl (C=O) groups excluding carboxylic acids is 2. The summed E-state index contributed by atoms with van der Waals surface area (Å²) < 4.78 is 0. The van der Waals surface area contributed by atoms with Gasteiger partial charge in [0.1, 0.15) is 0 Å². The molecule has 4 nitrogen and oxygen atoms in total. The van der Waals surface area contributed by atoms with Crippen LogP contribution in [0.15, 0.2) is 60.0 Å². The predicted molar refractivity (Wildman–Crippen MR) is 132 cm³/mol. The second kappa shape index (κ2) is 9.52. The van der Waals surface area contributed by atoms with Gasteiger partial charge in [0.05, 0.1) is 18.5 Å². The van der Waals surface area contributed by atoms with Crippen LogP contribution in [0.25, 0.3) is 0 Å². The number of amides is 2. The first kappa shape index (κ1) is 21.9. The fraction of sp³-hybridized carbons (Fsp3) is 0.357. The third-order valence-electron chi connectivity index (χ3n) is 7.03. The number of fused-ring (bicyclic) bond motifs is 2. The van der Waals surface area contributed by atoms with E-state index in [1.165, 1.54) is 29.5 Å². The van der Waals surface area contributed by atoms with Gasteiger partial charge >= 0.3 is 0 Å². The molecule has 0 spiro atoms. The first-order valence-electron chi connectivity index (χ1n) is 11.9. The number of aryl methyl sites for hydroxylation is 2. The smallest absolute Gasteiger partial charge is 0.223 e. The summed E-state index contributed by atoms with van der Waals surface area (Å²) in [6.07, 6.45) is 5.85. The third-order valence-corrected chi connectivity index (χ3v) is 7.97. The Bertz CT molecular complexity index is 1150. The summed E-state index contributed by atoms with van der Waals surface area (Å²) in [6, 6.07) is 18.6. The Labute approximate surface area is 199 Å². The highest BCUT2D eigenvalue weighted by Crippen LogP contribution is 2.34. The second-order valence-corrected chi connectivity index (χ2v) is 10.1. The maximum absolute atomic E-state index is 13.4. The van der Waals surface area contributed by atoms with Crippen LogP contribution >= 0.6 is 11.3 Å². The van der Waals surface area contributed by atoms with Crippen molar-refractivity contribution < 1.29 is 9.59 Å². The SMILES string of the molecule is CC(=O)N1CCc2ccccc2C1CC(=O)NC(c1ccc2c(c1)CCCC2)c1cccs1. The molecule has 0 radical (unpaired) electrons. The topological polar surface area (TPSA) is 49.4 Å². The Morgan fingerprint density at radius 3 is 2.61 bits per heavy atom. The third kappa shape index (κ3) is 4.60. The molecular weight excluding hydrogens is 428 g/mol. The quantitative estimate of drug-likeness (QED) is 0.559. The van der Waals surface area contributed by atoms with Crippen LogP contribution in [-0.4, -0.2) is 23.3 Å². The van der Waals surface area contributed by atoms with Crippen LogP contribution in [-0.2, 0) is 28.9 Å². The van der Waals surface area contributed by atoms with E-state index in [0.29, 0.717) is 6.54 Å². The molecule has 1 aliphatic carbocycles. The fourth-order valence-corrected chi connectivity index (χ4v) is 6.15. The van der Waals surface area contributed by atoms with E-state index in [4.69, 9.17) is 0 Å². The highest BCUT2D eigenvalue weighted by molar-refractivity contribution is 7.10. The number of hydrogen-bond donors (Lipinski definition) is 1. The molecule has 3 aromatic rings. The van der Waals surface area contributed by atoms with Gasteiger partial charge in [-0.05, 0) is 71.4 Å². The molecular formula is C28H30N2O2S. The zero-order chi connectivity index (χ0) is 22.8. The number of benzene rings is 2. The number of nitrogens with one attached hydrogen (secondary N) is 1. The van der Waals surface area contributed by atoms with Gasteiger partial charge in [-0.15, -0.1) is 11.3 Å². The summed E-state index contributed by atoms with van der Waals surface area (Å²) in [5, 5.41) is 5.37. The van der Waals surface area contributed by atoms with E-state index in [1.54, 1.807) is 18.3 Å². The Morgan fingerprint density at radius 1 is 1.00 bits per heavy atom. The van der Waals surface area contributed by atoms with E-state index in [9.17, 15) is 9.59 Å². The second-order valence-electron chi connectivity index (χ2n) is 9.13. The molecule has 5 rings (SSSR count). The molecule has 1 N–H and O–H groups in total. The van der Waals surface area contributed by atoms with E-state index < -0.39 is 0 Å². The summed E-state index contributed by atoms with van der Waals surface area (Å²) in [7, 11) is 0. The molecule has 2 heterocycles. The molecule has 1 aromatic heterocycles. The van der Waals surface area contributed by atoms with E-state index in [0.717, 1.165) is 35.3 Å². The van der Waals surface area contributed by atoms with Gasteiger partial charge in [0, 0.05) is 18.3 Å². The van der Waals surface area contributed by atoms with Crippen molar-refractivity contribution in [3.05, 3.63) is 92.7 Å². The van der Waals surface area contributed by atoms with Gasteiger partial charge in [0.25, 0.3) is 0 Å². The molecule has 0 saturated heterocycles. The van der Waals surface area contributed by atoms with E-state index in [1.807, 2.05) is 23.1 Å². The summed E-state index contributed by atoms with van der Waals surface area (Å²) in [6.45, 7) is 2.25. The zero-order valence-electron chi connectivity index (χ0n) is 19.0. The summed E-state index contributed by atoms with van der Waals surface area (Å²) in [5.74, 6) is -0.00845. The average Bonchev–Trinajstić information content (AvgIpc) is 3.37. The largest absolute Gasteiger partial charge is 0.344 e. The van der Waals surface area contributed by atoms with Gasteiger partial charge in [-0.1, -0.05) is 48.5 Å².